The molecule has 2 aromatic rings. The third-order valence-corrected chi connectivity index (χ3v) is 4.15. The van der Waals surface area contributed by atoms with Gasteiger partial charge in [-0.05, 0) is 29.2 Å². The van der Waals surface area contributed by atoms with Crippen LogP contribution in [0.1, 0.15) is 31.2 Å². The van der Waals surface area contributed by atoms with Gasteiger partial charge in [0.05, 0.1) is 6.61 Å². The number of benzene rings is 1. The van der Waals surface area contributed by atoms with Crippen molar-refractivity contribution in [3.05, 3.63) is 35.7 Å². The van der Waals surface area contributed by atoms with Crippen LogP contribution < -0.4 is 0 Å². The van der Waals surface area contributed by atoms with Crippen LogP contribution in [0.15, 0.2) is 33.5 Å². The Morgan fingerprint density at radius 2 is 2.00 bits per heavy atom. The summed E-state index contributed by atoms with van der Waals surface area (Å²) in [6.45, 7) is 4.87. The van der Waals surface area contributed by atoms with Gasteiger partial charge in [-0.3, -0.25) is 0 Å². The van der Waals surface area contributed by atoms with Crippen LogP contribution in [0.3, 0.4) is 0 Å². The maximum Gasteiger partial charge on any atom is 0.174 e. The zero-order valence-electron chi connectivity index (χ0n) is 10.7. The molecule has 0 bridgehead atoms. The summed E-state index contributed by atoms with van der Waals surface area (Å²) in [5.74, 6) is 1.32. The summed E-state index contributed by atoms with van der Waals surface area (Å²) in [4.78, 5) is 5.69. The van der Waals surface area contributed by atoms with Gasteiger partial charge in [0.25, 0.3) is 0 Å². The minimum atomic E-state index is 0.389. The van der Waals surface area contributed by atoms with Crippen LogP contribution in [0.2, 0.25) is 0 Å². The molecule has 0 aliphatic heterocycles. The first kappa shape index (κ1) is 13.5. The number of ether oxygens (including phenoxy) is 1. The number of nitrogens with zero attached hydrogens (tertiary/aromatic N) is 2. The van der Waals surface area contributed by atoms with Crippen molar-refractivity contribution in [2.45, 2.75) is 35.6 Å². The second kappa shape index (κ2) is 6.31. The Hall–Kier alpha value is -0.910. The van der Waals surface area contributed by atoms with Gasteiger partial charge in [0.15, 0.2) is 4.34 Å². The predicted octanol–water partition coefficient (Wildman–Crippen LogP) is 3.96. The lowest BCUT2D eigenvalue weighted by Gasteiger charge is -2.01. The van der Waals surface area contributed by atoms with E-state index in [2.05, 4.69) is 47.5 Å². The molecule has 0 saturated carbocycles. The molecule has 0 unspecified atom stereocenters. The van der Waals surface area contributed by atoms with E-state index in [9.17, 15) is 0 Å². The zero-order chi connectivity index (χ0) is 13.0. The van der Waals surface area contributed by atoms with Gasteiger partial charge in [-0.15, -0.1) is 0 Å². The molecule has 5 heteroatoms. The molecule has 0 atom stereocenters. The molecule has 0 amide bonds. The molecular formula is C13H16N2OS2. The van der Waals surface area contributed by atoms with Crippen LogP contribution in [0.4, 0.5) is 0 Å². The first-order valence-corrected chi connectivity index (χ1v) is 7.37. The van der Waals surface area contributed by atoms with E-state index < -0.39 is 0 Å². The van der Waals surface area contributed by atoms with Crippen LogP contribution in [-0.4, -0.2) is 16.5 Å². The highest BCUT2D eigenvalue weighted by Crippen LogP contribution is 2.30. The van der Waals surface area contributed by atoms with Crippen molar-refractivity contribution >= 4 is 23.3 Å². The molecule has 1 heterocycles. The van der Waals surface area contributed by atoms with Crippen LogP contribution in [0, 0.1) is 0 Å². The summed E-state index contributed by atoms with van der Waals surface area (Å²) in [6, 6.07) is 8.34. The Labute approximate surface area is 116 Å². The van der Waals surface area contributed by atoms with Gasteiger partial charge in [-0.2, -0.15) is 4.37 Å². The van der Waals surface area contributed by atoms with Crippen molar-refractivity contribution < 1.29 is 4.74 Å². The number of methoxy groups -OCH3 is 1. The fourth-order valence-electron chi connectivity index (χ4n) is 1.42. The molecule has 0 fully saturated rings. The number of hydrogen-bond acceptors (Lipinski definition) is 5. The van der Waals surface area contributed by atoms with E-state index in [4.69, 9.17) is 4.74 Å². The van der Waals surface area contributed by atoms with E-state index in [1.165, 1.54) is 22.0 Å². The summed E-state index contributed by atoms with van der Waals surface area (Å²) in [5, 5.41) is 0. The summed E-state index contributed by atoms with van der Waals surface area (Å²) < 4.78 is 10.4. The van der Waals surface area contributed by atoms with Crippen LogP contribution in [0.25, 0.3) is 0 Å². The van der Waals surface area contributed by atoms with Crippen molar-refractivity contribution in [1.82, 2.24) is 9.36 Å². The summed E-state index contributed by atoms with van der Waals surface area (Å²) in [5.41, 5.74) is 1.18. The van der Waals surface area contributed by atoms with Gasteiger partial charge in [0.1, 0.15) is 5.82 Å². The highest BCUT2D eigenvalue weighted by Gasteiger charge is 2.08. The van der Waals surface area contributed by atoms with E-state index in [1.54, 1.807) is 18.9 Å². The van der Waals surface area contributed by atoms with Gasteiger partial charge in [-0.1, -0.05) is 37.7 Å². The Kier molecular flexibility index (Phi) is 4.74. The smallest absolute Gasteiger partial charge is 0.174 e. The SMILES string of the molecule is COCc1ccc(Sc2nc(C(C)C)ns2)cc1. The second-order valence-electron chi connectivity index (χ2n) is 4.25. The lowest BCUT2D eigenvalue weighted by atomic mass is 10.2. The van der Waals surface area contributed by atoms with E-state index in [1.807, 2.05) is 0 Å². The van der Waals surface area contributed by atoms with Gasteiger partial charge in [0.2, 0.25) is 0 Å². The molecule has 1 aromatic heterocycles. The monoisotopic (exact) mass is 280 g/mol. The predicted molar refractivity (Wildman–Crippen MR) is 75.3 cm³/mol. The molecular weight excluding hydrogens is 264 g/mol. The molecule has 1 aromatic carbocycles. The number of hydrogen-bond donors (Lipinski definition) is 0. The van der Waals surface area contributed by atoms with Gasteiger partial charge < -0.3 is 4.74 Å². The Morgan fingerprint density at radius 1 is 1.28 bits per heavy atom. The van der Waals surface area contributed by atoms with Gasteiger partial charge in [0, 0.05) is 17.9 Å². The number of aromatic nitrogens is 2. The molecule has 18 heavy (non-hydrogen) atoms. The molecule has 0 saturated heterocycles. The molecule has 0 spiro atoms. The van der Waals surface area contributed by atoms with E-state index in [0.717, 1.165) is 10.2 Å². The van der Waals surface area contributed by atoms with E-state index in [-0.39, 0.29) is 0 Å². The molecule has 0 N–H and O–H groups in total. The average Bonchev–Trinajstić information content (AvgIpc) is 2.81. The van der Waals surface area contributed by atoms with Crippen LogP contribution in [0.5, 0.6) is 0 Å². The van der Waals surface area contributed by atoms with Crippen molar-refractivity contribution in [2.75, 3.05) is 7.11 Å². The molecule has 2 rings (SSSR count). The highest BCUT2D eigenvalue weighted by atomic mass is 32.2. The molecule has 3 nitrogen and oxygen atoms in total. The average molecular weight is 280 g/mol. The fourth-order valence-corrected chi connectivity index (χ4v) is 3.14. The fraction of sp³-hybridized carbons (Fsp3) is 0.385. The molecule has 0 aliphatic rings. The summed E-state index contributed by atoms with van der Waals surface area (Å²) >= 11 is 3.12. The largest absolute Gasteiger partial charge is 0.380 e. The van der Waals surface area contributed by atoms with Gasteiger partial charge in [-0.25, -0.2) is 4.98 Å². The van der Waals surface area contributed by atoms with Crippen molar-refractivity contribution in [1.29, 1.82) is 0 Å². The Morgan fingerprint density at radius 3 is 2.56 bits per heavy atom. The van der Waals surface area contributed by atoms with E-state index in [0.29, 0.717) is 12.5 Å². The Balaban J connectivity index is 2.03. The highest BCUT2D eigenvalue weighted by molar-refractivity contribution is 8.01. The number of rotatable bonds is 5. The zero-order valence-corrected chi connectivity index (χ0v) is 12.3. The van der Waals surface area contributed by atoms with Crippen molar-refractivity contribution in [3.63, 3.8) is 0 Å². The third kappa shape index (κ3) is 3.54. The lowest BCUT2D eigenvalue weighted by molar-refractivity contribution is 0.185. The minimum Gasteiger partial charge on any atom is -0.380 e. The molecule has 0 radical (unpaired) electrons. The lowest BCUT2D eigenvalue weighted by Crippen LogP contribution is -1.89. The topological polar surface area (TPSA) is 35.0 Å². The van der Waals surface area contributed by atoms with E-state index >= 15 is 0 Å². The minimum absolute atomic E-state index is 0.389. The molecule has 0 aliphatic carbocycles. The van der Waals surface area contributed by atoms with Crippen molar-refractivity contribution in [2.24, 2.45) is 0 Å². The second-order valence-corrected chi connectivity index (χ2v) is 6.32. The normalized spacial score (nSPS) is 11.1. The first-order valence-electron chi connectivity index (χ1n) is 5.78. The third-order valence-electron chi connectivity index (χ3n) is 2.38. The van der Waals surface area contributed by atoms with Gasteiger partial charge >= 0.3 is 0 Å². The van der Waals surface area contributed by atoms with Crippen molar-refractivity contribution in [3.8, 4) is 0 Å². The maximum atomic E-state index is 5.09. The standard InChI is InChI=1S/C13H16N2OS2/c1-9(2)12-14-13(18-15-12)17-11-6-4-10(5-7-11)8-16-3/h4-7,9H,8H2,1-3H3. The van der Waals surface area contributed by atoms with Crippen LogP contribution >= 0.6 is 23.3 Å². The summed E-state index contributed by atoms with van der Waals surface area (Å²) in [7, 11) is 1.71. The first-order chi connectivity index (χ1) is 8.69. The maximum absolute atomic E-state index is 5.09. The van der Waals surface area contributed by atoms with Crippen LogP contribution in [-0.2, 0) is 11.3 Å². The Bertz CT molecular complexity index is 494. The summed E-state index contributed by atoms with van der Waals surface area (Å²) in [6.07, 6.45) is 0. The molecule has 96 valence electrons. The quantitative estimate of drug-likeness (QED) is 0.830.